The normalized spacial score (nSPS) is 11.4. The number of amides is 1. The van der Waals surface area contributed by atoms with E-state index in [9.17, 15) is 4.79 Å². The van der Waals surface area contributed by atoms with Crippen LogP contribution in [0.5, 0.6) is 0 Å². The molecular weight excluding hydrogens is 223 g/mol. The van der Waals surface area contributed by atoms with E-state index in [2.05, 4.69) is 10.3 Å². The highest BCUT2D eigenvalue weighted by atomic mass is 35.5. The van der Waals surface area contributed by atoms with E-state index in [0.29, 0.717) is 5.82 Å². The smallest absolute Gasteiger partial charge is 0.243 e. The third-order valence-corrected chi connectivity index (χ3v) is 1.72. The minimum Gasteiger partial charge on any atom is -0.309 e. The van der Waals surface area contributed by atoms with Crippen molar-refractivity contribution < 1.29 is 4.79 Å². The van der Waals surface area contributed by atoms with Gasteiger partial charge in [-0.3, -0.25) is 4.79 Å². The van der Waals surface area contributed by atoms with Gasteiger partial charge in [-0.1, -0.05) is 6.07 Å². The Morgan fingerprint density at radius 1 is 1.57 bits per heavy atom. The first kappa shape index (κ1) is 13.2. The zero-order valence-electron chi connectivity index (χ0n) is 7.95. The first-order chi connectivity index (χ1) is 6.09. The Labute approximate surface area is 94.3 Å². The van der Waals surface area contributed by atoms with Crippen LogP contribution in [0.2, 0.25) is 0 Å². The monoisotopic (exact) mass is 234 g/mol. The fourth-order valence-electron chi connectivity index (χ4n) is 0.767. The van der Waals surface area contributed by atoms with E-state index >= 15 is 0 Å². The average molecular weight is 235 g/mol. The second kappa shape index (κ2) is 5.83. The molecule has 0 aromatic carbocycles. The van der Waals surface area contributed by atoms with E-state index in [1.54, 1.807) is 19.2 Å². The van der Waals surface area contributed by atoms with Crippen LogP contribution in [0.15, 0.2) is 18.3 Å². The highest BCUT2D eigenvalue weighted by molar-refractivity contribution is 6.32. The Kier molecular flexibility index (Phi) is 5.50. The van der Waals surface area contributed by atoms with Crippen molar-refractivity contribution in [1.29, 1.82) is 0 Å². The summed E-state index contributed by atoms with van der Waals surface area (Å²) in [5.74, 6) is 0.293. The fraction of sp³-hybridized carbons (Fsp3) is 0.333. The molecule has 1 rings (SSSR count). The van der Waals surface area contributed by atoms with Crippen LogP contribution in [0.4, 0.5) is 5.82 Å². The number of carbonyl (C=O) groups excluding carboxylic acids is 1. The highest BCUT2D eigenvalue weighted by Crippen LogP contribution is 2.05. The molecule has 14 heavy (non-hydrogen) atoms. The molecule has 0 bridgehead atoms. The number of nitrogens with zero attached hydrogens (tertiary/aromatic N) is 1. The summed E-state index contributed by atoms with van der Waals surface area (Å²) >= 11 is 5.57. The zero-order chi connectivity index (χ0) is 9.84. The van der Waals surface area contributed by atoms with E-state index in [1.165, 1.54) is 0 Å². The molecule has 1 N–H and O–H groups in total. The molecule has 0 radical (unpaired) electrons. The van der Waals surface area contributed by atoms with Gasteiger partial charge in [-0.2, -0.15) is 0 Å². The first-order valence-electron chi connectivity index (χ1n) is 3.97. The quantitative estimate of drug-likeness (QED) is 0.799. The molecule has 1 heterocycles. The number of nitrogens with one attached hydrogen (secondary N) is 1. The summed E-state index contributed by atoms with van der Waals surface area (Å²) in [6, 6.07) is 3.62. The van der Waals surface area contributed by atoms with Crippen LogP contribution >= 0.6 is 24.0 Å². The number of rotatable bonds is 2. The summed E-state index contributed by atoms with van der Waals surface area (Å²) in [7, 11) is 0. The lowest BCUT2D eigenvalue weighted by Gasteiger charge is -2.04. The second-order valence-corrected chi connectivity index (χ2v) is 3.48. The first-order valence-corrected chi connectivity index (χ1v) is 4.41. The number of aromatic nitrogens is 1. The summed E-state index contributed by atoms with van der Waals surface area (Å²) < 4.78 is 0. The van der Waals surface area contributed by atoms with Crippen molar-refractivity contribution >= 4 is 35.7 Å². The van der Waals surface area contributed by atoms with Gasteiger partial charge in [0, 0.05) is 6.20 Å². The average Bonchev–Trinajstić information content (AvgIpc) is 2.08. The van der Waals surface area contributed by atoms with Crippen molar-refractivity contribution in [2.75, 3.05) is 5.32 Å². The summed E-state index contributed by atoms with van der Waals surface area (Å²) in [5, 5.41) is 2.05. The Hall–Kier alpha value is -0.800. The number of carbonyl (C=O) groups is 1. The lowest BCUT2D eigenvalue weighted by Crippen LogP contribution is -2.20. The van der Waals surface area contributed by atoms with Crippen molar-refractivity contribution in [2.45, 2.75) is 19.2 Å². The van der Waals surface area contributed by atoms with Gasteiger partial charge in [0.2, 0.25) is 5.91 Å². The van der Waals surface area contributed by atoms with Gasteiger partial charge in [-0.05, 0) is 25.5 Å². The van der Waals surface area contributed by atoms with Crippen molar-refractivity contribution in [3.8, 4) is 0 Å². The molecule has 5 heteroatoms. The molecule has 78 valence electrons. The fourth-order valence-corrected chi connectivity index (χ4v) is 0.822. The molecule has 1 atom stereocenters. The molecule has 3 nitrogen and oxygen atoms in total. The van der Waals surface area contributed by atoms with Crippen LogP contribution in [0.3, 0.4) is 0 Å². The van der Waals surface area contributed by atoms with Gasteiger partial charge in [0.15, 0.2) is 0 Å². The Bertz CT molecular complexity index is 298. The predicted octanol–water partition coefficient (Wildman–Crippen LogP) is 2.38. The molecule has 0 spiro atoms. The zero-order valence-corrected chi connectivity index (χ0v) is 9.52. The number of alkyl halides is 1. The molecule has 1 aromatic heterocycles. The lowest BCUT2D eigenvalue weighted by molar-refractivity contribution is -0.115. The van der Waals surface area contributed by atoms with Crippen molar-refractivity contribution in [2.24, 2.45) is 0 Å². The van der Waals surface area contributed by atoms with E-state index in [1.807, 2.05) is 13.0 Å². The molecule has 0 saturated carbocycles. The van der Waals surface area contributed by atoms with Crippen LogP contribution in [0.25, 0.3) is 0 Å². The van der Waals surface area contributed by atoms with Crippen molar-refractivity contribution in [3.63, 3.8) is 0 Å². The second-order valence-electron chi connectivity index (χ2n) is 2.83. The van der Waals surface area contributed by atoms with Gasteiger partial charge < -0.3 is 5.32 Å². The molecule has 0 aliphatic rings. The van der Waals surface area contributed by atoms with Gasteiger partial charge >= 0.3 is 0 Å². The molecule has 1 unspecified atom stereocenters. The SMILES string of the molecule is Cc1ccc(NC(=O)C(C)Cl)nc1.Cl. The van der Waals surface area contributed by atoms with Crippen molar-refractivity contribution in [1.82, 2.24) is 4.98 Å². The number of hydrogen-bond donors (Lipinski definition) is 1. The van der Waals surface area contributed by atoms with Crippen molar-refractivity contribution in [3.05, 3.63) is 23.9 Å². The third-order valence-electron chi connectivity index (χ3n) is 1.52. The summed E-state index contributed by atoms with van der Waals surface area (Å²) in [4.78, 5) is 15.1. The minimum atomic E-state index is -0.539. The Morgan fingerprint density at radius 2 is 2.21 bits per heavy atom. The number of hydrogen-bond acceptors (Lipinski definition) is 2. The van der Waals surface area contributed by atoms with Gasteiger partial charge in [-0.25, -0.2) is 4.98 Å². The number of aryl methyl sites for hydroxylation is 1. The van der Waals surface area contributed by atoms with E-state index < -0.39 is 5.38 Å². The molecule has 0 fully saturated rings. The number of pyridine rings is 1. The van der Waals surface area contributed by atoms with Crippen LogP contribution in [0.1, 0.15) is 12.5 Å². The van der Waals surface area contributed by atoms with Gasteiger partial charge in [0.05, 0.1) is 0 Å². The predicted molar refractivity (Wildman–Crippen MR) is 60.2 cm³/mol. The van der Waals surface area contributed by atoms with Gasteiger partial charge in [0.1, 0.15) is 11.2 Å². The van der Waals surface area contributed by atoms with E-state index in [-0.39, 0.29) is 18.3 Å². The maximum absolute atomic E-state index is 11.1. The summed E-state index contributed by atoms with van der Waals surface area (Å²) in [6.07, 6.45) is 1.69. The largest absolute Gasteiger partial charge is 0.309 e. The van der Waals surface area contributed by atoms with Crippen LogP contribution < -0.4 is 5.32 Å². The van der Waals surface area contributed by atoms with Crippen LogP contribution in [-0.2, 0) is 4.79 Å². The van der Waals surface area contributed by atoms with E-state index in [4.69, 9.17) is 11.6 Å². The molecule has 1 amide bonds. The summed E-state index contributed by atoms with van der Waals surface area (Å²) in [6.45, 7) is 3.55. The molecule has 0 aliphatic heterocycles. The number of anilines is 1. The van der Waals surface area contributed by atoms with Gasteiger partial charge in [-0.15, -0.1) is 24.0 Å². The summed E-state index contributed by atoms with van der Waals surface area (Å²) in [5.41, 5.74) is 1.05. The number of halogens is 2. The Morgan fingerprint density at radius 3 is 2.64 bits per heavy atom. The maximum Gasteiger partial charge on any atom is 0.243 e. The maximum atomic E-state index is 11.1. The molecule has 0 aliphatic carbocycles. The highest BCUT2D eigenvalue weighted by Gasteiger charge is 2.08. The van der Waals surface area contributed by atoms with Gasteiger partial charge in [0.25, 0.3) is 0 Å². The standard InChI is InChI=1S/C9H11ClN2O.ClH/c1-6-3-4-8(11-5-6)12-9(13)7(2)10;/h3-5,7H,1-2H3,(H,11,12,13);1H. The van der Waals surface area contributed by atoms with E-state index in [0.717, 1.165) is 5.56 Å². The Balaban J connectivity index is 0.00000169. The lowest BCUT2D eigenvalue weighted by atomic mass is 10.3. The topological polar surface area (TPSA) is 42.0 Å². The molecule has 1 aromatic rings. The molecular formula is C9H12Cl2N2O. The molecule has 0 saturated heterocycles. The van der Waals surface area contributed by atoms with Crippen LogP contribution in [-0.4, -0.2) is 16.3 Å². The third kappa shape index (κ3) is 3.94. The van der Waals surface area contributed by atoms with Crippen LogP contribution in [0, 0.1) is 6.92 Å². The minimum absolute atomic E-state index is 0.